The van der Waals surface area contributed by atoms with Crippen LogP contribution in [-0.2, 0) is 7.05 Å². The van der Waals surface area contributed by atoms with Crippen LogP contribution in [0.2, 0.25) is 0 Å². The van der Waals surface area contributed by atoms with Crippen molar-refractivity contribution in [1.29, 1.82) is 0 Å². The first-order chi connectivity index (χ1) is 7.66. The summed E-state index contributed by atoms with van der Waals surface area (Å²) >= 11 is 1.35. The Kier molecular flexibility index (Phi) is 2.78. The fourth-order valence-electron chi connectivity index (χ4n) is 1.04. The number of aryl methyl sites for hydroxylation is 1. The molecule has 0 fully saturated rings. The van der Waals surface area contributed by atoms with Gasteiger partial charge in [-0.3, -0.25) is 9.59 Å². The van der Waals surface area contributed by atoms with Crippen molar-refractivity contribution in [2.24, 2.45) is 12.0 Å². The molecule has 2 heterocycles. The topological polar surface area (TPSA) is 80.1 Å². The van der Waals surface area contributed by atoms with E-state index in [0.29, 0.717) is 4.80 Å². The molecule has 0 radical (unpaired) electrons. The second-order valence-corrected chi connectivity index (χ2v) is 3.89. The van der Waals surface area contributed by atoms with Gasteiger partial charge >= 0.3 is 0 Å². The smallest absolute Gasteiger partial charge is 0.300 e. The number of thiazole rings is 1. The Morgan fingerprint density at radius 3 is 2.94 bits per heavy atom. The van der Waals surface area contributed by atoms with E-state index in [0.717, 1.165) is 0 Å². The number of amides is 1. The average molecular weight is 236 g/mol. The van der Waals surface area contributed by atoms with E-state index in [1.165, 1.54) is 23.5 Å². The number of nitrogens with one attached hydrogen (secondary N) is 1. The highest BCUT2D eigenvalue weighted by atomic mass is 32.1. The van der Waals surface area contributed by atoms with Gasteiger partial charge in [0.25, 0.3) is 11.5 Å². The van der Waals surface area contributed by atoms with E-state index in [9.17, 15) is 9.59 Å². The SMILES string of the molecule is Cn1ccsc1=NC(=O)c1ccc(=O)[nH]n1. The van der Waals surface area contributed by atoms with Crippen molar-refractivity contribution in [2.75, 3.05) is 0 Å². The summed E-state index contributed by atoms with van der Waals surface area (Å²) in [6.45, 7) is 0. The molecule has 82 valence electrons. The molecule has 0 unspecified atom stereocenters. The number of nitrogens with zero attached hydrogens (tertiary/aromatic N) is 3. The highest BCUT2D eigenvalue weighted by Gasteiger charge is 2.05. The average Bonchev–Trinajstić information content (AvgIpc) is 2.65. The van der Waals surface area contributed by atoms with Crippen molar-refractivity contribution in [3.8, 4) is 0 Å². The van der Waals surface area contributed by atoms with E-state index < -0.39 is 5.91 Å². The fourth-order valence-corrected chi connectivity index (χ4v) is 1.77. The standard InChI is InChI=1S/C9H8N4O2S/c1-13-4-5-16-9(13)10-8(15)6-2-3-7(14)12-11-6/h2-5H,1H3,(H,12,14). The summed E-state index contributed by atoms with van der Waals surface area (Å²) in [6.07, 6.45) is 1.80. The van der Waals surface area contributed by atoms with Crippen LogP contribution < -0.4 is 10.4 Å². The monoisotopic (exact) mass is 236 g/mol. The van der Waals surface area contributed by atoms with E-state index in [2.05, 4.69) is 15.2 Å². The Labute approximate surface area is 93.9 Å². The minimum atomic E-state index is -0.477. The molecule has 0 aliphatic rings. The number of hydrogen-bond donors (Lipinski definition) is 1. The Morgan fingerprint density at radius 1 is 1.56 bits per heavy atom. The molecular weight excluding hydrogens is 228 g/mol. The molecule has 16 heavy (non-hydrogen) atoms. The van der Waals surface area contributed by atoms with Crippen molar-refractivity contribution < 1.29 is 4.79 Å². The van der Waals surface area contributed by atoms with Crippen molar-refractivity contribution >= 4 is 17.2 Å². The molecule has 6 nitrogen and oxygen atoms in total. The molecule has 0 atom stereocenters. The molecule has 2 rings (SSSR count). The first-order valence-corrected chi connectivity index (χ1v) is 5.30. The minimum absolute atomic E-state index is 0.119. The molecule has 2 aromatic rings. The zero-order chi connectivity index (χ0) is 11.5. The Morgan fingerprint density at radius 2 is 2.38 bits per heavy atom. The molecule has 7 heteroatoms. The van der Waals surface area contributed by atoms with Gasteiger partial charge in [-0.05, 0) is 6.07 Å². The molecule has 2 aromatic heterocycles. The van der Waals surface area contributed by atoms with Crippen LogP contribution in [0.15, 0.2) is 33.5 Å². The van der Waals surface area contributed by atoms with Gasteiger partial charge in [-0.25, -0.2) is 5.10 Å². The van der Waals surface area contributed by atoms with Gasteiger partial charge < -0.3 is 4.57 Å². The largest absolute Gasteiger partial charge is 0.327 e. The summed E-state index contributed by atoms with van der Waals surface area (Å²) in [4.78, 5) is 26.8. The number of hydrogen-bond acceptors (Lipinski definition) is 4. The van der Waals surface area contributed by atoms with Gasteiger partial charge in [-0.1, -0.05) is 0 Å². The van der Waals surface area contributed by atoms with Crippen molar-refractivity contribution in [3.05, 3.63) is 44.6 Å². The van der Waals surface area contributed by atoms with Crippen LogP contribution in [0.1, 0.15) is 10.5 Å². The number of rotatable bonds is 1. The number of H-pyrrole nitrogens is 1. The first-order valence-electron chi connectivity index (χ1n) is 4.42. The van der Waals surface area contributed by atoms with E-state index in [-0.39, 0.29) is 11.3 Å². The van der Waals surface area contributed by atoms with Crippen LogP contribution in [0, 0.1) is 0 Å². The molecule has 0 saturated heterocycles. The van der Waals surface area contributed by atoms with Crippen LogP contribution in [0.25, 0.3) is 0 Å². The zero-order valence-corrected chi connectivity index (χ0v) is 9.19. The molecule has 0 bridgehead atoms. The molecule has 1 N–H and O–H groups in total. The zero-order valence-electron chi connectivity index (χ0n) is 8.38. The summed E-state index contributed by atoms with van der Waals surface area (Å²) in [7, 11) is 1.79. The van der Waals surface area contributed by atoms with Crippen molar-refractivity contribution in [3.63, 3.8) is 0 Å². The van der Waals surface area contributed by atoms with E-state index in [4.69, 9.17) is 0 Å². The normalized spacial score (nSPS) is 11.7. The maximum Gasteiger partial charge on any atom is 0.300 e. The lowest BCUT2D eigenvalue weighted by Gasteiger charge is -1.92. The summed E-state index contributed by atoms with van der Waals surface area (Å²) < 4.78 is 1.73. The Bertz CT molecular complexity index is 617. The fraction of sp³-hybridized carbons (Fsp3) is 0.111. The number of carbonyl (C=O) groups excluding carboxylic acids is 1. The number of aromatic amines is 1. The van der Waals surface area contributed by atoms with E-state index >= 15 is 0 Å². The maximum atomic E-state index is 11.6. The highest BCUT2D eigenvalue weighted by Crippen LogP contribution is 1.93. The second-order valence-electron chi connectivity index (χ2n) is 3.02. The summed E-state index contributed by atoms with van der Waals surface area (Å²) in [6, 6.07) is 2.59. The second kappa shape index (κ2) is 4.23. The maximum absolute atomic E-state index is 11.6. The third-order valence-corrected chi connectivity index (χ3v) is 2.70. The predicted octanol–water partition coefficient (Wildman–Crippen LogP) is -0.0890. The molecular formula is C9H8N4O2S. The van der Waals surface area contributed by atoms with E-state index in [1.807, 2.05) is 5.38 Å². The summed E-state index contributed by atoms with van der Waals surface area (Å²) in [5, 5.41) is 7.61. The van der Waals surface area contributed by atoms with Crippen LogP contribution in [-0.4, -0.2) is 20.7 Å². The quantitative estimate of drug-likeness (QED) is 0.751. The third-order valence-electron chi connectivity index (χ3n) is 1.86. The van der Waals surface area contributed by atoms with Gasteiger partial charge in [0.1, 0.15) is 0 Å². The van der Waals surface area contributed by atoms with Crippen LogP contribution >= 0.6 is 11.3 Å². The molecule has 0 saturated carbocycles. The summed E-state index contributed by atoms with van der Waals surface area (Å²) in [5.74, 6) is -0.477. The van der Waals surface area contributed by atoms with Gasteiger partial charge in [0.15, 0.2) is 10.5 Å². The lowest BCUT2D eigenvalue weighted by atomic mass is 10.4. The lowest BCUT2D eigenvalue weighted by Crippen LogP contribution is -2.15. The molecule has 0 spiro atoms. The van der Waals surface area contributed by atoms with Gasteiger partial charge in [-0.2, -0.15) is 10.1 Å². The van der Waals surface area contributed by atoms with Gasteiger partial charge in [0.2, 0.25) is 0 Å². The van der Waals surface area contributed by atoms with Crippen LogP contribution in [0.4, 0.5) is 0 Å². The molecule has 1 amide bonds. The lowest BCUT2D eigenvalue weighted by molar-refractivity contribution is 0.0992. The highest BCUT2D eigenvalue weighted by molar-refractivity contribution is 7.07. The van der Waals surface area contributed by atoms with Gasteiger partial charge in [0.05, 0.1) is 0 Å². The molecule has 0 aliphatic carbocycles. The van der Waals surface area contributed by atoms with Gasteiger partial charge in [-0.15, -0.1) is 11.3 Å². The number of carbonyl (C=O) groups is 1. The minimum Gasteiger partial charge on any atom is -0.327 e. The van der Waals surface area contributed by atoms with Crippen molar-refractivity contribution in [1.82, 2.24) is 14.8 Å². The third kappa shape index (κ3) is 2.14. The first kappa shape index (κ1) is 10.5. The number of aromatic nitrogens is 3. The van der Waals surface area contributed by atoms with Crippen LogP contribution in [0.3, 0.4) is 0 Å². The summed E-state index contributed by atoms with van der Waals surface area (Å²) in [5.41, 5.74) is -0.230. The Hall–Kier alpha value is -2.02. The Balaban J connectivity index is 2.38. The molecule has 0 aromatic carbocycles. The van der Waals surface area contributed by atoms with Gasteiger partial charge in [0, 0.05) is 24.7 Å². The van der Waals surface area contributed by atoms with Crippen LogP contribution in [0.5, 0.6) is 0 Å². The molecule has 0 aliphatic heterocycles. The van der Waals surface area contributed by atoms with E-state index in [1.54, 1.807) is 17.8 Å². The van der Waals surface area contributed by atoms with Crippen molar-refractivity contribution in [2.45, 2.75) is 0 Å². The predicted molar refractivity (Wildman–Crippen MR) is 58.0 cm³/mol.